The van der Waals surface area contributed by atoms with Crippen LogP contribution < -0.4 is 15.0 Å². The van der Waals surface area contributed by atoms with E-state index in [1.807, 2.05) is 19.0 Å². The van der Waals surface area contributed by atoms with Gasteiger partial charge >= 0.3 is 0 Å². The molecule has 1 heterocycles. The van der Waals surface area contributed by atoms with Crippen LogP contribution in [0.2, 0.25) is 0 Å². The number of nitrogens with one attached hydrogen (secondary N) is 1. The number of methoxy groups -OCH3 is 1. The molecular formula is C15H20N4O. The smallest absolute Gasteiger partial charge is 0.204 e. The first-order chi connectivity index (χ1) is 9.56. The Hall–Kier alpha value is -2.30. The molecule has 0 bridgehead atoms. The number of hydrogen-bond acceptors (Lipinski definition) is 5. The van der Waals surface area contributed by atoms with Crippen molar-refractivity contribution in [2.24, 2.45) is 0 Å². The van der Waals surface area contributed by atoms with Crippen LogP contribution in [0.5, 0.6) is 5.75 Å². The van der Waals surface area contributed by atoms with Gasteiger partial charge in [-0.1, -0.05) is 6.07 Å². The molecule has 5 nitrogen and oxygen atoms in total. The molecule has 0 atom stereocenters. The van der Waals surface area contributed by atoms with Gasteiger partial charge in [0.25, 0.3) is 0 Å². The maximum absolute atomic E-state index is 5.44. The zero-order chi connectivity index (χ0) is 14.7. The average molecular weight is 272 g/mol. The summed E-state index contributed by atoms with van der Waals surface area (Å²) in [5.74, 6) is 2.04. The molecule has 0 aliphatic heterocycles. The third-order valence-electron chi connectivity index (χ3n) is 3.14. The van der Waals surface area contributed by atoms with Crippen LogP contribution in [0.25, 0.3) is 0 Å². The van der Waals surface area contributed by atoms with Gasteiger partial charge in [0.05, 0.1) is 7.11 Å². The molecule has 0 saturated heterocycles. The van der Waals surface area contributed by atoms with E-state index in [0.29, 0.717) is 11.6 Å². The molecule has 0 radical (unpaired) electrons. The molecular weight excluding hydrogens is 252 g/mol. The second kappa shape index (κ2) is 5.77. The van der Waals surface area contributed by atoms with Crippen LogP contribution in [-0.2, 0) is 0 Å². The first-order valence-corrected chi connectivity index (χ1v) is 6.45. The van der Waals surface area contributed by atoms with Gasteiger partial charge in [0.15, 0.2) is 11.6 Å². The van der Waals surface area contributed by atoms with Gasteiger partial charge in [-0.15, -0.1) is 0 Å². The molecule has 106 valence electrons. The second-order valence-electron chi connectivity index (χ2n) is 4.73. The van der Waals surface area contributed by atoms with E-state index in [1.54, 1.807) is 7.11 Å². The Morgan fingerprint density at radius 2 is 1.75 bits per heavy atom. The summed E-state index contributed by atoms with van der Waals surface area (Å²) in [5, 5.41) is 3.01. The lowest BCUT2D eigenvalue weighted by molar-refractivity contribution is 0.414. The zero-order valence-electron chi connectivity index (χ0n) is 12.6. The highest BCUT2D eigenvalue weighted by Gasteiger charge is 2.16. The van der Waals surface area contributed by atoms with Gasteiger partial charge in [-0.05, 0) is 37.1 Å². The van der Waals surface area contributed by atoms with Crippen molar-refractivity contribution in [3.05, 3.63) is 35.7 Å². The molecule has 2 rings (SSSR count). The standard InChI is InChI=1S/C15H20N4O/c1-10-6-11(2)8-12(7-10)19(4)15-13(20-5)14(16-3)17-9-18-15/h6-9H,1-5H3,(H,16,17,18). The minimum absolute atomic E-state index is 0.636. The highest BCUT2D eigenvalue weighted by molar-refractivity contribution is 5.71. The van der Waals surface area contributed by atoms with Gasteiger partial charge in [-0.25, -0.2) is 9.97 Å². The molecule has 0 aliphatic rings. The van der Waals surface area contributed by atoms with Crippen molar-refractivity contribution in [3.63, 3.8) is 0 Å². The molecule has 0 aliphatic carbocycles. The quantitative estimate of drug-likeness (QED) is 0.927. The summed E-state index contributed by atoms with van der Waals surface area (Å²) in [6, 6.07) is 6.38. The molecule has 2 aromatic rings. The largest absolute Gasteiger partial charge is 0.490 e. The molecule has 0 unspecified atom stereocenters. The van der Waals surface area contributed by atoms with Gasteiger partial charge in [-0.2, -0.15) is 0 Å². The highest BCUT2D eigenvalue weighted by atomic mass is 16.5. The molecule has 1 aromatic heterocycles. The van der Waals surface area contributed by atoms with Crippen molar-refractivity contribution >= 4 is 17.3 Å². The molecule has 0 spiro atoms. The Kier molecular flexibility index (Phi) is 4.08. The number of anilines is 3. The second-order valence-corrected chi connectivity index (χ2v) is 4.73. The van der Waals surface area contributed by atoms with Gasteiger partial charge < -0.3 is 15.0 Å². The normalized spacial score (nSPS) is 10.2. The maximum atomic E-state index is 5.44. The third kappa shape index (κ3) is 2.66. The number of rotatable bonds is 4. The van der Waals surface area contributed by atoms with Crippen molar-refractivity contribution < 1.29 is 4.74 Å². The van der Waals surface area contributed by atoms with E-state index in [2.05, 4.69) is 47.3 Å². The summed E-state index contributed by atoms with van der Waals surface area (Å²) in [6.45, 7) is 4.17. The Balaban J connectivity index is 2.50. The lowest BCUT2D eigenvalue weighted by Crippen LogP contribution is -2.14. The molecule has 0 fully saturated rings. The number of benzene rings is 1. The predicted molar refractivity (Wildman–Crippen MR) is 82.1 cm³/mol. The highest BCUT2D eigenvalue weighted by Crippen LogP contribution is 2.35. The Morgan fingerprint density at radius 1 is 1.10 bits per heavy atom. The summed E-state index contributed by atoms with van der Waals surface area (Å²) in [5.41, 5.74) is 3.50. The number of nitrogens with zero attached hydrogens (tertiary/aromatic N) is 3. The summed E-state index contributed by atoms with van der Waals surface area (Å²) >= 11 is 0. The van der Waals surface area contributed by atoms with Crippen LogP contribution in [0.4, 0.5) is 17.3 Å². The van der Waals surface area contributed by atoms with Gasteiger partial charge in [0.1, 0.15) is 6.33 Å². The fourth-order valence-electron chi connectivity index (χ4n) is 2.24. The van der Waals surface area contributed by atoms with E-state index in [0.717, 1.165) is 11.5 Å². The Morgan fingerprint density at radius 3 is 2.30 bits per heavy atom. The van der Waals surface area contributed by atoms with E-state index >= 15 is 0 Å². The third-order valence-corrected chi connectivity index (χ3v) is 3.14. The van der Waals surface area contributed by atoms with Crippen LogP contribution in [0, 0.1) is 13.8 Å². The summed E-state index contributed by atoms with van der Waals surface area (Å²) < 4.78 is 5.44. The van der Waals surface area contributed by atoms with Gasteiger partial charge in [0, 0.05) is 19.8 Å². The maximum Gasteiger partial charge on any atom is 0.204 e. The van der Waals surface area contributed by atoms with Crippen molar-refractivity contribution in [1.29, 1.82) is 0 Å². The van der Waals surface area contributed by atoms with Crippen LogP contribution in [0.3, 0.4) is 0 Å². The van der Waals surface area contributed by atoms with Crippen LogP contribution in [-0.4, -0.2) is 31.2 Å². The number of aryl methyl sites for hydroxylation is 2. The zero-order valence-corrected chi connectivity index (χ0v) is 12.6. The molecule has 0 saturated carbocycles. The van der Waals surface area contributed by atoms with E-state index in [-0.39, 0.29) is 0 Å². The van der Waals surface area contributed by atoms with Gasteiger partial charge in [0.2, 0.25) is 5.75 Å². The lowest BCUT2D eigenvalue weighted by Gasteiger charge is -2.22. The minimum Gasteiger partial charge on any atom is -0.490 e. The van der Waals surface area contributed by atoms with E-state index in [4.69, 9.17) is 4.74 Å². The van der Waals surface area contributed by atoms with Crippen LogP contribution >= 0.6 is 0 Å². The Bertz CT molecular complexity index is 593. The van der Waals surface area contributed by atoms with Crippen molar-refractivity contribution in [2.45, 2.75) is 13.8 Å². The van der Waals surface area contributed by atoms with E-state index < -0.39 is 0 Å². The monoisotopic (exact) mass is 272 g/mol. The molecule has 0 amide bonds. The van der Waals surface area contributed by atoms with Crippen LogP contribution in [0.15, 0.2) is 24.5 Å². The van der Waals surface area contributed by atoms with Crippen LogP contribution in [0.1, 0.15) is 11.1 Å². The first-order valence-electron chi connectivity index (χ1n) is 6.45. The van der Waals surface area contributed by atoms with Gasteiger partial charge in [-0.3, -0.25) is 0 Å². The fourth-order valence-corrected chi connectivity index (χ4v) is 2.24. The summed E-state index contributed by atoms with van der Waals surface area (Å²) in [6.07, 6.45) is 1.53. The van der Waals surface area contributed by atoms with Crippen molar-refractivity contribution in [1.82, 2.24) is 9.97 Å². The van der Waals surface area contributed by atoms with Crippen molar-refractivity contribution in [2.75, 3.05) is 31.4 Å². The topological polar surface area (TPSA) is 50.3 Å². The molecule has 1 N–H and O–H groups in total. The summed E-state index contributed by atoms with van der Waals surface area (Å²) in [7, 11) is 5.41. The lowest BCUT2D eigenvalue weighted by atomic mass is 10.1. The fraction of sp³-hybridized carbons (Fsp3) is 0.333. The van der Waals surface area contributed by atoms with E-state index in [1.165, 1.54) is 17.5 Å². The van der Waals surface area contributed by atoms with E-state index in [9.17, 15) is 0 Å². The minimum atomic E-state index is 0.636. The average Bonchev–Trinajstić information content (AvgIpc) is 2.44. The SMILES string of the molecule is CNc1ncnc(N(C)c2cc(C)cc(C)c2)c1OC. The molecule has 5 heteroatoms. The predicted octanol–water partition coefficient (Wildman–Crippen LogP) is 2.91. The first kappa shape index (κ1) is 14.1. The number of hydrogen-bond donors (Lipinski definition) is 1. The summed E-state index contributed by atoms with van der Waals surface area (Å²) in [4.78, 5) is 10.5. The number of aromatic nitrogens is 2. The number of ether oxygens (including phenoxy) is 1. The molecule has 20 heavy (non-hydrogen) atoms. The Labute approximate surface area is 119 Å². The van der Waals surface area contributed by atoms with Crippen molar-refractivity contribution in [3.8, 4) is 5.75 Å². The molecule has 1 aromatic carbocycles.